The molecule has 7 nitrogen and oxygen atoms in total. The fourth-order valence-corrected chi connectivity index (χ4v) is 1.38. The number of phosphoric acid groups is 1. The first-order chi connectivity index (χ1) is 6.89. The Balaban J connectivity index is 3.87. The van der Waals surface area contributed by atoms with Crippen molar-refractivity contribution in [3.05, 3.63) is 0 Å². The van der Waals surface area contributed by atoms with E-state index in [9.17, 15) is 4.57 Å². The van der Waals surface area contributed by atoms with E-state index in [0.717, 1.165) is 0 Å². The van der Waals surface area contributed by atoms with Gasteiger partial charge in [-0.05, 0) is 12.8 Å². The van der Waals surface area contributed by atoms with Crippen LogP contribution in [0.15, 0.2) is 0 Å². The van der Waals surface area contributed by atoms with E-state index in [1.54, 1.807) is 0 Å². The number of hydrogen-bond donors (Lipinski definition) is 5. The van der Waals surface area contributed by atoms with E-state index in [4.69, 9.17) is 25.1 Å². The first-order valence-electron chi connectivity index (χ1n) is 4.42. The maximum atomic E-state index is 10.3. The zero-order valence-electron chi connectivity index (χ0n) is 8.24. The van der Waals surface area contributed by atoms with Crippen molar-refractivity contribution in [3.63, 3.8) is 0 Å². The standard InChI is InChI=1S/C7H17O7P/c8-4-7(5-9,6-10)2-1-3-14-15(11,12)13/h8-10H,1-6H2,(H2,11,12,13). The number of hydrogen-bond acceptors (Lipinski definition) is 5. The molecule has 0 aliphatic heterocycles. The Labute approximate surface area is 87.6 Å². The summed E-state index contributed by atoms with van der Waals surface area (Å²) in [6.07, 6.45) is 0.448. The normalized spacial score (nSPS) is 13.1. The lowest BCUT2D eigenvalue weighted by molar-refractivity contribution is -0.00442. The van der Waals surface area contributed by atoms with E-state index in [-0.39, 0.29) is 19.4 Å². The second kappa shape index (κ2) is 6.55. The van der Waals surface area contributed by atoms with Gasteiger partial charge in [-0.1, -0.05) is 0 Å². The molecule has 0 aliphatic carbocycles. The number of aliphatic hydroxyl groups excluding tert-OH is 3. The molecule has 0 aromatic rings. The average Bonchev–Trinajstić information content (AvgIpc) is 2.18. The van der Waals surface area contributed by atoms with Gasteiger partial charge in [0.15, 0.2) is 0 Å². The Kier molecular flexibility index (Phi) is 6.54. The van der Waals surface area contributed by atoms with Crippen molar-refractivity contribution in [2.75, 3.05) is 26.4 Å². The summed E-state index contributed by atoms with van der Waals surface area (Å²) in [6, 6.07) is 0. The lowest BCUT2D eigenvalue weighted by atomic mass is 9.86. The zero-order valence-corrected chi connectivity index (χ0v) is 9.14. The molecule has 5 N–H and O–H groups in total. The Hall–Kier alpha value is -0.0100. The van der Waals surface area contributed by atoms with E-state index in [0.29, 0.717) is 0 Å². The van der Waals surface area contributed by atoms with Crippen molar-refractivity contribution < 1.29 is 34.2 Å². The Morgan fingerprint density at radius 2 is 1.53 bits per heavy atom. The summed E-state index contributed by atoms with van der Waals surface area (Å²) in [4.78, 5) is 16.7. The maximum Gasteiger partial charge on any atom is 0.469 e. The molecule has 0 aliphatic rings. The highest BCUT2D eigenvalue weighted by Gasteiger charge is 2.27. The van der Waals surface area contributed by atoms with Crippen molar-refractivity contribution in [3.8, 4) is 0 Å². The number of phosphoric ester groups is 1. The molecule has 0 saturated carbocycles. The first-order valence-corrected chi connectivity index (χ1v) is 5.95. The fourth-order valence-electron chi connectivity index (χ4n) is 1.02. The Morgan fingerprint density at radius 3 is 1.87 bits per heavy atom. The highest BCUT2D eigenvalue weighted by molar-refractivity contribution is 7.46. The Bertz CT molecular complexity index is 201. The van der Waals surface area contributed by atoms with Gasteiger partial charge < -0.3 is 25.1 Å². The smallest absolute Gasteiger partial charge is 0.396 e. The SMILES string of the molecule is O=P(O)(O)OCCCC(CO)(CO)CO. The molecule has 0 atom stereocenters. The monoisotopic (exact) mass is 244 g/mol. The minimum Gasteiger partial charge on any atom is -0.396 e. The van der Waals surface area contributed by atoms with Crippen molar-refractivity contribution in [2.45, 2.75) is 12.8 Å². The molecule has 0 amide bonds. The molecule has 15 heavy (non-hydrogen) atoms. The summed E-state index contributed by atoms with van der Waals surface area (Å²) in [7, 11) is -4.46. The molecule has 92 valence electrons. The highest BCUT2D eigenvalue weighted by atomic mass is 31.2. The van der Waals surface area contributed by atoms with Crippen LogP contribution in [0.3, 0.4) is 0 Å². The van der Waals surface area contributed by atoms with Crippen LogP contribution < -0.4 is 0 Å². The molecule has 0 rings (SSSR count). The molecule has 0 radical (unpaired) electrons. The largest absolute Gasteiger partial charge is 0.469 e. The molecule has 0 bridgehead atoms. The van der Waals surface area contributed by atoms with Gasteiger partial charge >= 0.3 is 7.82 Å². The fraction of sp³-hybridized carbons (Fsp3) is 1.00. The van der Waals surface area contributed by atoms with Gasteiger partial charge in [-0.2, -0.15) is 0 Å². The van der Waals surface area contributed by atoms with E-state index >= 15 is 0 Å². The third-order valence-corrected chi connectivity index (χ3v) is 2.64. The third kappa shape index (κ3) is 6.21. The predicted octanol–water partition coefficient (Wildman–Crippen LogP) is -1.16. The van der Waals surface area contributed by atoms with E-state index < -0.39 is 33.1 Å². The van der Waals surface area contributed by atoms with Gasteiger partial charge in [0.2, 0.25) is 0 Å². The molecular formula is C7H17O7P. The summed E-state index contributed by atoms with van der Waals surface area (Å²) in [5.41, 5.74) is -1.02. The lowest BCUT2D eigenvalue weighted by Gasteiger charge is -2.26. The van der Waals surface area contributed by atoms with Gasteiger partial charge in [0.05, 0.1) is 26.4 Å². The van der Waals surface area contributed by atoms with Crippen LogP contribution in [-0.4, -0.2) is 51.5 Å². The van der Waals surface area contributed by atoms with Crippen molar-refractivity contribution in [2.24, 2.45) is 5.41 Å². The summed E-state index contributed by atoms with van der Waals surface area (Å²) in [5, 5.41) is 26.8. The summed E-state index contributed by atoms with van der Waals surface area (Å²) < 4.78 is 14.5. The van der Waals surface area contributed by atoms with Crippen LogP contribution in [0, 0.1) is 5.41 Å². The second-order valence-corrected chi connectivity index (χ2v) is 4.64. The van der Waals surface area contributed by atoms with Crippen LogP contribution in [0.4, 0.5) is 0 Å². The number of aliphatic hydroxyl groups is 3. The summed E-state index contributed by atoms with van der Waals surface area (Å²) in [5.74, 6) is 0. The molecular weight excluding hydrogens is 227 g/mol. The molecule has 0 fully saturated rings. The van der Waals surface area contributed by atoms with Crippen LogP contribution in [0.1, 0.15) is 12.8 Å². The van der Waals surface area contributed by atoms with E-state index in [1.165, 1.54) is 0 Å². The van der Waals surface area contributed by atoms with Crippen molar-refractivity contribution >= 4 is 7.82 Å². The van der Waals surface area contributed by atoms with Crippen LogP contribution in [0.2, 0.25) is 0 Å². The minimum absolute atomic E-state index is 0.188. The summed E-state index contributed by atoms with van der Waals surface area (Å²) >= 11 is 0. The minimum atomic E-state index is -4.46. The lowest BCUT2D eigenvalue weighted by Crippen LogP contribution is -2.34. The quantitative estimate of drug-likeness (QED) is 0.269. The predicted molar refractivity (Wildman–Crippen MR) is 50.9 cm³/mol. The van der Waals surface area contributed by atoms with Gasteiger partial charge in [-0.25, -0.2) is 4.57 Å². The highest BCUT2D eigenvalue weighted by Crippen LogP contribution is 2.36. The molecule has 8 heteroatoms. The molecule has 0 spiro atoms. The van der Waals surface area contributed by atoms with Gasteiger partial charge in [-0.3, -0.25) is 4.52 Å². The zero-order chi connectivity index (χ0) is 11.9. The maximum absolute atomic E-state index is 10.3. The van der Waals surface area contributed by atoms with Crippen LogP contribution in [0.25, 0.3) is 0 Å². The van der Waals surface area contributed by atoms with Crippen LogP contribution >= 0.6 is 7.82 Å². The second-order valence-electron chi connectivity index (χ2n) is 3.40. The molecule has 0 unspecified atom stereocenters. The van der Waals surface area contributed by atoms with Crippen molar-refractivity contribution in [1.29, 1.82) is 0 Å². The third-order valence-electron chi connectivity index (χ3n) is 2.12. The van der Waals surface area contributed by atoms with Gasteiger partial charge in [0.25, 0.3) is 0 Å². The molecule has 0 saturated heterocycles. The van der Waals surface area contributed by atoms with E-state index in [2.05, 4.69) is 4.52 Å². The first kappa shape index (κ1) is 15.0. The molecule has 0 aromatic heterocycles. The van der Waals surface area contributed by atoms with Gasteiger partial charge in [-0.15, -0.1) is 0 Å². The summed E-state index contributed by atoms with van der Waals surface area (Å²) in [6.45, 7) is -1.37. The van der Waals surface area contributed by atoms with E-state index in [1.807, 2.05) is 0 Å². The van der Waals surface area contributed by atoms with Crippen LogP contribution in [-0.2, 0) is 9.09 Å². The number of rotatable bonds is 8. The topological polar surface area (TPSA) is 127 Å². The van der Waals surface area contributed by atoms with Gasteiger partial charge in [0.1, 0.15) is 0 Å². The molecule has 0 heterocycles. The Morgan fingerprint density at radius 1 is 1.07 bits per heavy atom. The van der Waals surface area contributed by atoms with Crippen LogP contribution in [0.5, 0.6) is 0 Å². The van der Waals surface area contributed by atoms with Gasteiger partial charge in [0, 0.05) is 5.41 Å². The molecule has 0 aromatic carbocycles. The van der Waals surface area contributed by atoms with Crippen molar-refractivity contribution in [1.82, 2.24) is 0 Å². The average molecular weight is 244 g/mol.